The first-order valence-electron chi connectivity index (χ1n) is 7.43. The number of hydrogen-bond donors (Lipinski definition) is 3. The zero-order valence-corrected chi connectivity index (χ0v) is 12.9. The fraction of sp³-hybridized carbons (Fsp3) is 0.267. The van der Waals surface area contributed by atoms with E-state index in [0.29, 0.717) is 32.2 Å². The predicted octanol–water partition coefficient (Wildman–Crippen LogP) is 1.70. The molecule has 3 heterocycles. The minimum Gasteiger partial charge on any atom is -0.506 e. The van der Waals surface area contributed by atoms with Gasteiger partial charge < -0.3 is 15.3 Å². The van der Waals surface area contributed by atoms with Gasteiger partial charge in [0.05, 0.1) is 11.8 Å². The van der Waals surface area contributed by atoms with Crippen molar-refractivity contribution in [2.45, 2.75) is 0 Å². The summed E-state index contributed by atoms with van der Waals surface area (Å²) in [4.78, 5) is 20.7. The highest BCUT2D eigenvalue weighted by Crippen LogP contribution is 2.31. The normalized spacial score (nSPS) is 14.4. The second-order valence-electron chi connectivity index (χ2n) is 5.35. The summed E-state index contributed by atoms with van der Waals surface area (Å²) < 4.78 is 40.2. The molecule has 0 atom stereocenters. The molecule has 0 radical (unpaired) electrons. The van der Waals surface area contributed by atoms with E-state index in [4.69, 9.17) is 0 Å². The number of urea groups is 1. The van der Waals surface area contributed by atoms with Crippen LogP contribution in [-0.2, 0) is 0 Å². The quantitative estimate of drug-likeness (QED) is 0.715. The number of hydrogen-bond acceptors (Lipinski definition) is 5. The molecule has 3 rings (SSSR count). The van der Waals surface area contributed by atoms with Crippen LogP contribution in [0.15, 0.2) is 18.3 Å². The lowest BCUT2D eigenvalue weighted by molar-refractivity contribution is 0.204. The number of nitrogens with one attached hydrogen (secondary N) is 2. The van der Waals surface area contributed by atoms with E-state index in [1.54, 1.807) is 4.90 Å². The maximum atomic E-state index is 13.9. The molecule has 0 bridgehead atoms. The fourth-order valence-corrected chi connectivity index (χ4v) is 2.40. The summed E-state index contributed by atoms with van der Waals surface area (Å²) in [5.41, 5.74) is -0.807. The smallest absolute Gasteiger partial charge is 0.323 e. The Morgan fingerprint density at radius 2 is 1.92 bits per heavy atom. The highest BCUT2D eigenvalue weighted by molar-refractivity contribution is 5.89. The number of nitrogens with zero attached hydrogens (tertiary/aromatic N) is 3. The van der Waals surface area contributed by atoms with Gasteiger partial charge in [0, 0.05) is 32.2 Å². The number of piperazine rings is 1. The molecular formula is C15H14F3N5O2. The van der Waals surface area contributed by atoms with Crippen LogP contribution in [-0.4, -0.2) is 52.2 Å². The molecule has 1 saturated heterocycles. The van der Waals surface area contributed by atoms with Gasteiger partial charge in [-0.25, -0.2) is 23.5 Å². The van der Waals surface area contributed by atoms with E-state index in [-0.39, 0.29) is 11.4 Å². The van der Waals surface area contributed by atoms with Gasteiger partial charge in [-0.1, -0.05) is 0 Å². The molecule has 0 unspecified atom stereocenters. The van der Waals surface area contributed by atoms with Crippen LogP contribution in [0.3, 0.4) is 0 Å². The van der Waals surface area contributed by atoms with Gasteiger partial charge in [-0.15, -0.1) is 0 Å². The lowest BCUT2D eigenvalue weighted by Gasteiger charge is -2.27. The van der Waals surface area contributed by atoms with Gasteiger partial charge in [0.15, 0.2) is 11.6 Å². The Balaban J connectivity index is 1.88. The number of halogens is 3. The lowest BCUT2D eigenvalue weighted by Crippen LogP contribution is -2.48. The molecule has 0 spiro atoms. The number of pyridine rings is 2. The molecule has 132 valence electrons. The zero-order valence-electron chi connectivity index (χ0n) is 12.9. The van der Waals surface area contributed by atoms with Gasteiger partial charge in [-0.3, -0.25) is 5.32 Å². The molecule has 1 aliphatic rings. The van der Waals surface area contributed by atoms with Crippen molar-refractivity contribution >= 4 is 11.8 Å². The number of aromatic nitrogens is 2. The van der Waals surface area contributed by atoms with E-state index in [9.17, 15) is 23.1 Å². The van der Waals surface area contributed by atoms with Crippen LogP contribution in [0.1, 0.15) is 0 Å². The van der Waals surface area contributed by atoms with Gasteiger partial charge in [0.25, 0.3) is 0 Å². The van der Waals surface area contributed by atoms with Crippen molar-refractivity contribution in [1.82, 2.24) is 20.2 Å². The van der Waals surface area contributed by atoms with Gasteiger partial charge in [-0.05, 0) is 6.07 Å². The Morgan fingerprint density at radius 1 is 1.20 bits per heavy atom. The molecule has 2 aromatic rings. The second-order valence-corrected chi connectivity index (χ2v) is 5.35. The van der Waals surface area contributed by atoms with Crippen LogP contribution in [0, 0.1) is 17.6 Å². The molecule has 3 N–H and O–H groups in total. The molecule has 7 nitrogen and oxygen atoms in total. The summed E-state index contributed by atoms with van der Waals surface area (Å²) in [6, 6.07) is 1.05. The van der Waals surface area contributed by atoms with Crippen LogP contribution in [0.2, 0.25) is 0 Å². The van der Waals surface area contributed by atoms with E-state index in [0.717, 1.165) is 12.3 Å². The molecular weight excluding hydrogens is 339 g/mol. The first kappa shape index (κ1) is 17.0. The van der Waals surface area contributed by atoms with Crippen LogP contribution in [0.4, 0.5) is 23.8 Å². The average molecular weight is 353 g/mol. The van der Waals surface area contributed by atoms with Crippen molar-refractivity contribution in [3.63, 3.8) is 0 Å². The van der Waals surface area contributed by atoms with Crippen LogP contribution in [0.5, 0.6) is 5.75 Å². The average Bonchev–Trinajstić information content (AvgIpc) is 2.61. The Kier molecular flexibility index (Phi) is 4.70. The van der Waals surface area contributed by atoms with E-state index >= 15 is 0 Å². The molecule has 1 fully saturated rings. The van der Waals surface area contributed by atoms with E-state index in [2.05, 4.69) is 20.6 Å². The largest absolute Gasteiger partial charge is 0.506 e. The topological polar surface area (TPSA) is 90.4 Å². The van der Waals surface area contributed by atoms with Gasteiger partial charge in [0.2, 0.25) is 5.95 Å². The minimum atomic E-state index is -1.50. The van der Waals surface area contributed by atoms with E-state index in [1.807, 2.05) is 0 Å². The third-order valence-corrected chi connectivity index (χ3v) is 3.66. The molecule has 1 aliphatic heterocycles. The Hall–Kier alpha value is -2.88. The summed E-state index contributed by atoms with van der Waals surface area (Å²) >= 11 is 0. The van der Waals surface area contributed by atoms with Crippen LogP contribution in [0.25, 0.3) is 11.3 Å². The van der Waals surface area contributed by atoms with Crippen molar-refractivity contribution in [3.8, 4) is 17.0 Å². The number of carbonyl (C=O) groups excluding carboxylic acids is 1. The lowest BCUT2D eigenvalue weighted by atomic mass is 10.1. The summed E-state index contributed by atoms with van der Waals surface area (Å²) in [6.45, 7) is 2.34. The van der Waals surface area contributed by atoms with Gasteiger partial charge in [-0.2, -0.15) is 4.39 Å². The summed E-state index contributed by atoms with van der Waals surface area (Å²) in [5, 5.41) is 15.5. The summed E-state index contributed by atoms with van der Waals surface area (Å²) in [7, 11) is 0. The predicted molar refractivity (Wildman–Crippen MR) is 82.5 cm³/mol. The van der Waals surface area contributed by atoms with Crippen LogP contribution < -0.4 is 10.6 Å². The van der Waals surface area contributed by atoms with Crippen LogP contribution >= 0.6 is 0 Å². The Morgan fingerprint density at radius 3 is 2.64 bits per heavy atom. The molecule has 10 heteroatoms. The summed E-state index contributed by atoms with van der Waals surface area (Å²) in [6.07, 6.45) is 0.963. The number of carbonyl (C=O) groups is 1. The fourth-order valence-electron chi connectivity index (χ4n) is 2.40. The number of aromatic hydroxyl groups is 1. The minimum absolute atomic E-state index is 0.0160. The number of anilines is 1. The van der Waals surface area contributed by atoms with Crippen molar-refractivity contribution in [2.75, 3.05) is 31.5 Å². The summed E-state index contributed by atoms with van der Waals surface area (Å²) in [5.74, 6) is -4.57. The Labute approximate surface area is 140 Å². The number of amides is 2. The highest BCUT2D eigenvalue weighted by atomic mass is 19.2. The third-order valence-electron chi connectivity index (χ3n) is 3.66. The SMILES string of the molecule is O=C(Nc1cc(-c2nc(F)c(F)cc2F)c(O)cn1)N1CCNCC1. The molecule has 0 aliphatic carbocycles. The van der Waals surface area contributed by atoms with E-state index < -0.39 is 35.1 Å². The standard InChI is InChI=1S/C15H14F3N5O2/c16-9-6-10(17)14(18)22-13(9)8-5-12(20-7-11(8)24)21-15(25)23-3-1-19-2-4-23/h5-7,19,24H,1-4H2,(H,20,21,25). The first-order chi connectivity index (χ1) is 12.0. The van der Waals surface area contributed by atoms with E-state index in [1.165, 1.54) is 0 Å². The molecule has 2 aromatic heterocycles. The maximum Gasteiger partial charge on any atom is 0.323 e. The zero-order chi connectivity index (χ0) is 18.0. The van der Waals surface area contributed by atoms with Gasteiger partial charge in [0.1, 0.15) is 17.3 Å². The van der Waals surface area contributed by atoms with Crippen molar-refractivity contribution < 1.29 is 23.1 Å². The monoisotopic (exact) mass is 353 g/mol. The van der Waals surface area contributed by atoms with Gasteiger partial charge >= 0.3 is 6.03 Å². The van der Waals surface area contributed by atoms with Crippen molar-refractivity contribution in [1.29, 1.82) is 0 Å². The molecule has 2 amide bonds. The maximum absolute atomic E-state index is 13.9. The second kappa shape index (κ2) is 6.93. The molecule has 0 aromatic carbocycles. The molecule has 0 saturated carbocycles. The number of rotatable bonds is 2. The first-order valence-corrected chi connectivity index (χ1v) is 7.43. The third kappa shape index (κ3) is 3.63. The highest BCUT2D eigenvalue weighted by Gasteiger charge is 2.20. The molecule has 25 heavy (non-hydrogen) atoms. The Bertz CT molecular complexity index is 812. The van der Waals surface area contributed by atoms with Crippen molar-refractivity contribution in [2.24, 2.45) is 0 Å². The van der Waals surface area contributed by atoms with Crippen molar-refractivity contribution in [3.05, 3.63) is 35.9 Å².